The number of aryl methyl sites for hydroxylation is 1. The maximum absolute atomic E-state index is 4.38. The Kier molecular flexibility index (Phi) is 2.55. The molecule has 2 unspecified atom stereocenters. The van der Waals surface area contributed by atoms with Gasteiger partial charge in [0, 0.05) is 37.2 Å². The lowest BCUT2D eigenvalue weighted by molar-refractivity contribution is 0.285. The predicted molar refractivity (Wildman–Crippen MR) is 75.7 cm³/mol. The normalized spacial score (nSPS) is 24.4. The molecule has 20 heavy (non-hydrogen) atoms. The first kappa shape index (κ1) is 11.6. The van der Waals surface area contributed by atoms with Gasteiger partial charge in [-0.1, -0.05) is 0 Å². The SMILES string of the molecule is Cc1cc(N2CC3CC(C2)N3c2ncccn2)ncn1. The minimum absolute atomic E-state index is 0.492. The molecule has 2 aromatic heterocycles. The van der Waals surface area contributed by atoms with Crippen LogP contribution in [0.1, 0.15) is 12.1 Å². The van der Waals surface area contributed by atoms with Gasteiger partial charge in [0.2, 0.25) is 5.95 Å². The average Bonchev–Trinajstić information content (AvgIpc) is 2.48. The van der Waals surface area contributed by atoms with Crippen molar-refractivity contribution >= 4 is 11.8 Å². The van der Waals surface area contributed by atoms with Gasteiger partial charge in [-0.3, -0.25) is 0 Å². The molecule has 6 heteroatoms. The van der Waals surface area contributed by atoms with Crippen LogP contribution < -0.4 is 9.80 Å². The van der Waals surface area contributed by atoms with E-state index in [2.05, 4.69) is 29.7 Å². The predicted octanol–water partition coefficient (Wildman–Crippen LogP) is 1.04. The molecule has 102 valence electrons. The van der Waals surface area contributed by atoms with Crippen molar-refractivity contribution in [2.24, 2.45) is 0 Å². The van der Waals surface area contributed by atoms with Crippen LogP contribution in [0.4, 0.5) is 11.8 Å². The van der Waals surface area contributed by atoms with E-state index in [0.29, 0.717) is 12.1 Å². The van der Waals surface area contributed by atoms with Gasteiger partial charge in [0.15, 0.2) is 0 Å². The zero-order valence-electron chi connectivity index (χ0n) is 11.3. The summed E-state index contributed by atoms with van der Waals surface area (Å²) in [5.74, 6) is 1.88. The Morgan fingerprint density at radius 2 is 1.80 bits per heavy atom. The molecule has 2 aromatic rings. The molecule has 0 amide bonds. The third-order valence-electron chi connectivity index (χ3n) is 4.09. The van der Waals surface area contributed by atoms with Crippen LogP contribution in [0.5, 0.6) is 0 Å². The molecule has 0 radical (unpaired) electrons. The molecular weight excluding hydrogens is 252 g/mol. The van der Waals surface area contributed by atoms with E-state index >= 15 is 0 Å². The first-order chi connectivity index (χ1) is 9.81. The van der Waals surface area contributed by atoms with Crippen molar-refractivity contribution in [3.8, 4) is 0 Å². The minimum atomic E-state index is 0.492. The number of anilines is 2. The lowest BCUT2D eigenvalue weighted by Gasteiger charge is -2.56. The zero-order valence-corrected chi connectivity index (χ0v) is 11.3. The number of hydrogen-bond donors (Lipinski definition) is 0. The van der Waals surface area contributed by atoms with E-state index in [1.54, 1.807) is 6.33 Å². The lowest BCUT2D eigenvalue weighted by Crippen LogP contribution is -2.69. The Balaban J connectivity index is 1.53. The second-order valence-electron chi connectivity index (χ2n) is 5.42. The molecule has 0 saturated carbocycles. The summed E-state index contributed by atoms with van der Waals surface area (Å²) in [5, 5.41) is 0. The fourth-order valence-electron chi connectivity index (χ4n) is 3.16. The van der Waals surface area contributed by atoms with Crippen molar-refractivity contribution in [3.05, 3.63) is 36.5 Å². The smallest absolute Gasteiger partial charge is 0.225 e. The number of piperazine rings is 1. The summed E-state index contributed by atoms with van der Waals surface area (Å²) in [6.07, 6.45) is 6.48. The summed E-state index contributed by atoms with van der Waals surface area (Å²) in [6, 6.07) is 4.89. The lowest BCUT2D eigenvalue weighted by atomic mass is 9.88. The van der Waals surface area contributed by atoms with Crippen molar-refractivity contribution in [2.45, 2.75) is 25.4 Å². The monoisotopic (exact) mass is 268 g/mol. The Labute approximate surface area is 117 Å². The van der Waals surface area contributed by atoms with E-state index in [4.69, 9.17) is 0 Å². The molecule has 3 aliphatic heterocycles. The van der Waals surface area contributed by atoms with Gasteiger partial charge in [-0.15, -0.1) is 0 Å². The van der Waals surface area contributed by atoms with Crippen LogP contribution in [0.2, 0.25) is 0 Å². The van der Waals surface area contributed by atoms with Gasteiger partial charge in [-0.05, 0) is 19.4 Å². The molecule has 0 N–H and O–H groups in total. The van der Waals surface area contributed by atoms with Crippen LogP contribution >= 0.6 is 0 Å². The third kappa shape index (κ3) is 1.79. The Morgan fingerprint density at radius 1 is 1.05 bits per heavy atom. The van der Waals surface area contributed by atoms with Crippen LogP contribution in [-0.4, -0.2) is 45.1 Å². The summed E-state index contributed by atoms with van der Waals surface area (Å²) in [6.45, 7) is 3.95. The molecule has 3 aliphatic rings. The van der Waals surface area contributed by atoms with Gasteiger partial charge >= 0.3 is 0 Å². The number of rotatable bonds is 2. The summed E-state index contributed by atoms with van der Waals surface area (Å²) < 4.78 is 0. The molecule has 3 saturated heterocycles. The Bertz CT molecular complexity index is 604. The summed E-state index contributed by atoms with van der Waals surface area (Å²) in [7, 11) is 0. The average molecular weight is 268 g/mol. The highest BCUT2D eigenvalue weighted by Gasteiger charge is 2.46. The van der Waals surface area contributed by atoms with Crippen molar-refractivity contribution in [2.75, 3.05) is 22.9 Å². The number of aromatic nitrogens is 4. The summed E-state index contributed by atoms with van der Waals surface area (Å²) >= 11 is 0. The molecular formula is C14H16N6. The van der Waals surface area contributed by atoms with E-state index in [9.17, 15) is 0 Å². The maximum Gasteiger partial charge on any atom is 0.225 e. The zero-order chi connectivity index (χ0) is 13.5. The largest absolute Gasteiger partial charge is 0.352 e. The van der Waals surface area contributed by atoms with Gasteiger partial charge in [-0.25, -0.2) is 19.9 Å². The Hall–Kier alpha value is -2.24. The second-order valence-corrected chi connectivity index (χ2v) is 5.42. The topological polar surface area (TPSA) is 58.0 Å². The molecule has 0 spiro atoms. The van der Waals surface area contributed by atoms with Crippen LogP contribution in [0.15, 0.2) is 30.9 Å². The van der Waals surface area contributed by atoms with Crippen LogP contribution in [0.3, 0.4) is 0 Å². The van der Waals surface area contributed by atoms with Gasteiger partial charge in [0.1, 0.15) is 12.1 Å². The van der Waals surface area contributed by atoms with E-state index in [-0.39, 0.29) is 0 Å². The summed E-state index contributed by atoms with van der Waals surface area (Å²) in [4.78, 5) is 22.0. The molecule has 2 bridgehead atoms. The summed E-state index contributed by atoms with van der Waals surface area (Å²) in [5.41, 5.74) is 1.01. The first-order valence-corrected chi connectivity index (χ1v) is 6.90. The molecule has 5 heterocycles. The first-order valence-electron chi connectivity index (χ1n) is 6.90. The molecule has 0 aliphatic carbocycles. The number of hydrogen-bond acceptors (Lipinski definition) is 6. The van der Waals surface area contributed by atoms with E-state index in [0.717, 1.165) is 30.5 Å². The fraction of sp³-hybridized carbons (Fsp3) is 0.429. The van der Waals surface area contributed by atoms with Crippen LogP contribution in [0.25, 0.3) is 0 Å². The second kappa shape index (κ2) is 4.40. The number of fused-ring (bicyclic) bond motifs is 2. The molecule has 6 nitrogen and oxygen atoms in total. The fourth-order valence-corrected chi connectivity index (χ4v) is 3.16. The molecule has 0 aromatic carbocycles. The standard InChI is InChI=1S/C14H16N6/c1-10-5-13(18-9-17-10)19-7-11-6-12(8-19)20(11)14-15-3-2-4-16-14/h2-5,9,11-12H,6-8H2,1H3. The van der Waals surface area contributed by atoms with Crippen molar-refractivity contribution in [1.29, 1.82) is 0 Å². The van der Waals surface area contributed by atoms with Crippen molar-refractivity contribution in [3.63, 3.8) is 0 Å². The van der Waals surface area contributed by atoms with Gasteiger partial charge < -0.3 is 9.80 Å². The highest BCUT2D eigenvalue weighted by Crippen LogP contribution is 2.36. The van der Waals surface area contributed by atoms with E-state index in [1.165, 1.54) is 6.42 Å². The quantitative estimate of drug-likeness (QED) is 0.811. The molecule has 2 atom stereocenters. The minimum Gasteiger partial charge on any atom is -0.352 e. The highest BCUT2D eigenvalue weighted by molar-refractivity contribution is 5.49. The van der Waals surface area contributed by atoms with Gasteiger partial charge in [0.05, 0.1) is 12.1 Å². The molecule has 5 rings (SSSR count). The Morgan fingerprint density at radius 3 is 2.50 bits per heavy atom. The van der Waals surface area contributed by atoms with E-state index < -0.39 is 0 Å². The third-order valence-corrected chi connectivity index (χ3v) is 4.09. The van der Waals surface area contributed by atoms with Gasteiger partial charge in [0.25, 0.3) is 0 Å². The van der Waals surface area contributed by atoms with Gasteiger partial charge in [-0.2, -0.15) is 0 Å². The van der Waals surface area contributed by atoms with E-state index in [1.807, 2.05) is 31.5 Å². The maximum atomic E-state index is 4.38. The van der Waals surface area contributed by atoms with Crippen LogP contribution in [-0.2, 0) is 0 Å². The van der Waals surface area contributed by atoms with Crippen molar-refractivity contribution in [1.82, 2.24) is 19.9 Å². The van der Waals surface area contributed by atoms with Crippen LogP contribution in [0, 0.1) is 6.92 Å². The molecule has 3 fully saturated rings. The van der Waals surface area contributed by atoms with Crippen molar-refractivity contribution < 1.29 is 0 Å². The highest BCUT2D eigenvalue weighted by atomic mass is 15.4. The number of piperidine rings is 1. The number of nitrogens with zero attached hydrogens (tertiary/aromatic N) is 6.